The molecule has 0 spiro atoms. The molecule has 1 aromatic carbocycles. The highest BCUT2D eigenvalue weighted by Crippen LogP contribution is 2.30. The summed E-state index contributed by atoms with van der Waals surface area (Å²) in [6.07, 6.45) is -4.82. The third-order valence-corrected chi connectivity index (χ3v) is 2.43. The molecule has 0 unspecified atom stereocenters. The highest BCUT2D eigenvalue weighted by molar-refractivity contribution is 5.80. The van der Waals surface area contributed by atoms with Gasteiger partial charge in [0, 0.05) is 0 Å². The number of alkyl halides is 3. The summed E-state index contributed by atoms with van der Waals surface area (Å²) in [6.45, 7) is 0. The van der Waals surface area contributed by atoms with Gasteiger partial charge in [-0.1, -0.05) is 0 Å². The SMILES string of the molecule is NC(=O)Cc1nc(=O)c2cc(C(F)(F)F)ccc2[nH]1. The summed E-state index contributed by atoms with van der Waals surface area (Å²) in [5.74, 6) is -0.681. The Hall–Kier alpha value is -2.38. The summed E-state index contributed by atoms with van der Waals surface area (Å²) < 4.78 is 37.5. The van der Waals surface area contributed by atoms with Crippen molar-refractivity contribution in [2.75, 3.05) is 0 Å². The number of primary amides is 1. The third-order valence-electron chi connectivity index (χ3n) is 2.43. The Morgan fingerprint density at radius 3 is 2.63 bits per heavy atom. The number of halogens is 3. The van der Waals surface area contributed by atoms with Crippen LogP contribution in [0.2, 0.25) is 0 Å². The topological polar surface area (TPSA) is 88.8 Å². The number of carbonyl (C=O) groups excluding carboxylic acids is 1. The molecule has 19 heavy (non-hydrogen) atoms. The van der Waals surface area contributed by atoms with Gasteiger partial charge in [-0.3, -0.25) is 9.59 Å². The highest BCUT2D eigenvalue weighted by Gasteiger charge is 2.30. The molecule has 2 aromatic rings. The molecule has 0 saturated carbocycles. The lowest BCUT2D eigenvalue weighted by Gasteiger charge is -2.07. The molecule has 2 rings (SSSR count). The maximum Gasteiger partial charge on any atom is 0.416 e. The van der Waals surface area contributed by atoms with Crippen molar-refractivity contribution in [1.29, 1.82) is 0 Å². The number of benzene rings is 1. The molecule has 0 radical (unpaired) electrons. The van der Waals surface area contributed by atoms with E-state index in [2.05, 4.69) is 9.97 Å². The van der Waals surface area contributed by atoms with E-state index in [4.69, 9.17) is 5.73 Å². The number of aromatic amines is 1. The molecule has 0 atom stereocenters. The van der Waals surface area contributed by atoms with Crippen molar-refractivity contribution in [2.24, 2.45) is 5.73 Å². The lowest BCUT2D eigenvalue weighted by Crippen LogP contribution is -2.20. The third kappa shape index (κ3) is 2.72. The molecular weight excluding hydrogens is 263 g/mol. The van der Waals surface area contributed by atoms with Crippen molar-refractivity contribution in [3.8, 4) is 0 Å². The van der Waals surface area contributed by atoms with E-state index in [0.717, 1.165) is 18.2 Å². The average Bonchev–Trinajstić information content (AvgIpc) is 2.26. The quantitative estimate of drug-likeness (QED) is 0.852. The number of carbonyl (C=O) groups is 1. The molecule has 0 aliphatic rings. The Kier molecular flexibility index (Phi) is 3.01. The molecule has 1 heterocycles. The smallest absolute Gasteiger partial charge is 0.369 e. The summed E-state index contributed by atoms with van der Waals surface area (Å²) in [6, 6.07) is 2.67. The molecule has 0 saturated heterocycles. The summed E-state index contributed by atoms with van der Waals surface area (Å²) >= 11 is 0. The first-order chi connectivity index (χ1) is 8.77. The standard InChI is InChI=1S/C11H8F3N3O2/c12-11(13,14)5-1-2-7-6(3-5)10(19)17-9(16-7)4-8(15)18/h1-3H,4H2,(H2,15,18)(H,16,17,19). The van der Waals surface area contributed by atoms with Crippen LogP contribution in [0.4, 0.5) is 13.2 Å². The van der Waals surface area contributed by atoms with Gasteiger partial charge in [0.25, 0.3) is 5.56 Å². The lowest BCUT2D eigenvalue weighted by atomic mass is 10.1. The van der Waals surface area contributed by atoms with Gasteiger partial charge in [0.1, 0.15) is 5.82 Å². The molecule has 1 aromatic heterocycles. The first-order valence-corrected chi connectivity index (χ1v) is 5.16. The van der Waals surface area contributed by atoms with Crippen LogP contribution in [0.1, 0.15) is 11.4 Å². The summed E-state index contributed by atoms with van der Waals surface area (Å²) in [7, 11) is 0. The van der Waals surface area contributed by atoms with E-state index >= 15 is 0 Å². The van der Waals surface area contributed by atoms with E-state index in [1.54, 1.807) is 0 Å². The van der Waals surface area contributed by atoms with Gasteiger partial charge >= 0.3 is 6.18 Å². The molecule has 100 valence electrons. The minimum absolute atomic E-state index is 0.0183. The fourth-order valence-corrected chi connectivity index (χ4v) is 1.62. The number of nitrogens with zero attached hydrogens (tertiary/aromatic N) is 1. The first-order valence-electron chi connectivity index (χ1n) is 5.16. The number of nitrogens with one attached hydrogen (secondary N) is 1. The molecular formula is C11H8F3N3O2. The minimum Gasteiger partial charge on any atom is -0.369 e. The van der Waals surface area contributed by atoms with E-state index in [9.17, 15) is 22.8 Å². The van der Waals surface area contributed by atoms with Crippen LogP contribution in [0.25, 0.3) is 10.9 Å². The van der Waals surface area contributed by atoms with Crippen LogP contribution in [0.3, 0.4) is 0 Å². The number of rotatable bonds is 2. The number of hydrogen-bond acceptors (Lipinski definition) is 3. The van der Waals surface area contributed by atoms with Crippen molar-refractivity contribution < 1.29 is 18.0 Å². The van der Waals surface area contributed by atoms with Gasteiger partial charge in [-0.15, -0.1) is 0 Å². The van der Waals surface area contributed by atoms with Crippen molar-refractivity contribution in [2.45, 2.75) is 12.6 Å². The second-order valence-electron chi connectivity index (χ2n) is 3.89. The van der Waals surface area contributed by atoms with E-state index in [-0.39, 0.29) is 23.1 Å². The van der Waals surface area contributed by atoms with Crippen LogP contribution in [0.5, 0.6) is 0 Å². The second-order valence-corrected chi connectivity index (χ2v) is 3.89. The predicted octanol–water partition coefficient (Wildman–Crippen LogP) is 0.970. The maximum atomic E-state index is 12.5. The summed E-state index contributed by atoms with van der Waals surface area (Å²) in [5.41, 5.74) is 3.35. The zero-order valence-corrected chi connectivity index (χ0v) is 9.41. The molecule has 0 bridgehead atoms. The molecule has 1 amide bonds. The van der Waals surface area contributed by atoms with Crippen molar-refractivity contribution in [1.82, 2.24) is 9.97 Å². The van der Waals surface area contributed by atoms with Gasteiger partial charge in [-0.25, -0.2) is 0 Å². The lowest BCUT2D eigenvalue weighted by molar-refractivity contribution is -0.137. The number of aromatic nitrogens is 2. The van der Waals surface area contributed by atoms with Crippen LogP contribution < -0.4 is 11.3 Å². The van der Waals surface area contributed by atoms with Crippen LogP contribution >= 0.6 is 0 Å². The number of fused-ring (bicyclic) bond motifs is 1. The number of amides is 1. The highest BCUT2D eigenvalue weighted by atomic mass is 19.4. The molecule has 0 aliphatic heterocycles. The number of hydrogen-bond donors (Lipinski definition) is 2. The van der Waals surface area contributed by atoms with Gasteiger partial charge in [-0.2, -0.15) is 18.2 Å². The van der Waals surface area contributed by atoms with Gasteiger partial charge in [-0.05, 0) is 18.2 Å². The van der Waals surface area contributed by atoms with E-state index in [1.807, 2.05) is 0 Å². The Morgan fingerprint density at radius 1 is 1.37 bits per heavy atom. The van der Waals surface area contributed by atoms with E-state index < -0.39 is 23.2 Å². The molecule has 8 heteroatoms. The van der Waals surface area contributed by atoms with Crippen molar-refractivity contribution in [3.05, 3.63) is 39.9 Å². The van der Waals surface area contributed by atoms with Crippen LogP contribution in [0, 0.1) is 0 Å². The minimum atomic E-state index is -4.54. The number of nitrogens with two attached hydrogens (primary N) is 1. The Bertz CT molecular complexity index is 706. The van der Waals surface area contributed by atoms with Gasteiger partial charge in [0.15, 0.2) is 0 Å². The molecule has 0 fully saturated rings. The Labute approximate surface area is 104 Å². The summed E-state index contributed by atoms with van der Waals surface area (Å²) in [4.78, 5) is 28.4. The normalized spacial score (nSPS) is 11.7. The Morgan fingerprint density at radius 2 is 2.05 bits per heavy atom. The fourth-order valence-electron chi connectivity index (χ4n) is 1.62. The van der Waals surface area contributed by atoms with Crippen LogP contribution in [-0.2, 0) is 17.4 Å². The zero-order valence-electron chi connectivity index (χ0n) is 9.41. The van der Waals surface area contributed by atoms with E-state index in [0.29, 0.717) is 0 Å². The average molecular weight is 271 g/mol. The zero-order chi connectivity index (χ0) is 14.2. The summed E-state index contributed by atoms with van der Waals surface area (Å²) in [5, 5.41) is -0.192. The predicted molar refractivity (Wildman–Crippen MR) is 60.3 cm³/mol. The van der Waals surface area contributed by atoms with Gasteiger partial charge < -0.3 is 10.7 Å². The molecule has 0 aliphatic carbocycles. The van der Waals surface area contributed by atoms with Crippen LogP contribution in [0.15, 0.2) is 23.0 Å². The monoisotopic (exact) mass is 271 g/mol. The second kappa shape index (κ2) is 4.38. The largest absolute Gasteiger partial charge is 0.416 e. The van der Waals surface area contributed by atoms with E-state index in [1.165, 1.54) is 0 Å². The van der Waals surface area contributed by atoms with Gasteiger partial charge in [0.05, 0.1) is 22.9 Å². The van der Waals surface area contributed by atoms with Crippen molar-refractivity contribution >= 4 is 16.8 Å². The first kappa shape index (κ1) is 13.1. The van der Waals surface area contributed by atoms with Crippen molar-refractivity contribution in [3.63, 3.8) is 0 Å². The van der Waals surface area contributed by atoms with Crippen LogP contribution in [-0.4, -0.2) is 15.9 Å². The maximum absolute atomic E-state index is 12.5. The Balaban J connectivity index is 2.60. The van der Waals surface area contributed by atoms with Gasteiger partial charge in [0.2, 0.25) is 5.91 Å². The fraction of sp³-hybridized carbons (Fsp3) is 0.182. The number of H-pyrrole nitrogens is 1. The molecule has 3 N–H and O–H groups in total. The molecule has 5 nitrogen and oxygen atoms in total.